The summed E-state index contributed by atoms with van der Waals surface area (Å²) in [6.45, 7) is 8.16. The van der Waals surface area contributed by atoms with Gasteiger partial charge in [0.1, 0.15) is 0 Å². The Hall–Kier alpha value is -1.69. The number of rotatable bonds is 5. The zero-order valence-electron chi connectivity index (χ0n) is 15.9. The third kappa shape index (κ3) is 5.02. The van der Waals surface area contributed by atoms with Gasteiger partial charge in [-0.1, -0.05) is 11.8 Å². The van der Waals surface area contributed by atoms with E-state index < -0.39 is 0 Å². The quantitative estimate of drug-likeness (QED) is 0.591. The van der Waals surface area contributed by atoms with Crippen LogP contribution in [0.15, 0.2) is 5.16 Å². The fourth-order valence-corrected chi connectivity index (χ4v) is 3.97. The van der Waals surface area contributed by atoms with E-state index in [9.17, 15) is 4.79 Å². The van der Waals surface area contributed by atoms with Gasteiger partial charge in [0.2, 0.25) is 17.8 Å². The highest BCUT2D eigenvalue weighted by Gasteiger charge is 2.22. The Morgan fingerprint density at radius 3 is 1.71 bits per heavy atom. The molecule has 3 fully saturated rings. The van der Waals surface area contributed by atoms with Crippen LogP contribution in [0.25, 0.3) is 0 Å². The van der Waals surface area contributed by atoms with Gasteiger partial charge < -0.3 is 28.9 Å². The fraction of sp³-hybridized carbons (Fsp3) is 0.765. The van der Waals surface area contributed by atoms with E-state index in [0.717, 1.165) is 26.2 Å². The number of ether oxygens (including phenoxy) is 3. The third-order valence-electron chi connectivity index (χ3n) is 4.87. The van der Waals surface area contributed by atoms with Crippen molar-refractivity contribution in [3.63, 3.8) is 0 Å². The van der Waals surface area contributed by atoms with Crippen molar-refractivity contribution in [3.05, 3.63) is 0 Å². The van der Waals surface area contributed by atoms with E-state index in [-0.39, 0.29) is 5.91 Å². The Morgan fingerprint density at radius 2 is 1.21 bits per heavy atom. The summed E-state index contributed by atoms with van der Waals surface area (Å²) in [5.74, 6) is 1.71. The molecule has 0 bridgehead atoms. The number of anilines is 2. The maximum absolute atomic E-state index is 12.5. The molecule has 1 aromatic rings. The summed E-state index contributed by atoms with van der Waals surface area (Å²) in [6.07, 6.45) is 0. The predicted molar refractivity (Wildman–Crippen MR) is 104 cm³/mol. The molecule has 0 aliphatic carbocycles. The van der Waals surface area contributed by atoms with E-state index >= 15 is 0 Å². The summed E-state index contributed by atoms with van der Waals surface area (Å²) in [5.41, 5.74) is 0. The first-order valence-electron chi connectivity index (χ1n) is 9.69. The molecule has 4 heterocycles. The van der Waals surface area contributed by atoms with Gasteiger partial charge in [-0.2, -0.15) is 15.0 Å². The molecule has 0 radical (unpaired) electrons. The minimum Gasteiger partial charge on any atom is -0.378 e. The number of carbonyl (C=O) groups is 1. The number of carbonyl (C=O) groups excluding carboxylic acids is 1. The lowest BCUT2D eigenvalue weighted by Crippen LogP contribution is -2.41. The summed E-state index contributed by atoms with van der Waals surface area (Å²) < 4.78 is 16.2. The van der Waals surface area contributed by atoms with Crippen molar-refractivity contribution in [2.45, 2.75) is 5.16 Å². The maximum atomic E-state index is 12.5. The zero-order chi connectivity index (χ0) is 19.2. The molecule has 0 spiro atoms. The average Bonchev–Trinajstić information content (AvgIpc) is 2.79. The van der Waals surface area contributed by atoms with Crippen molar-refractivity contribution in [1.29, 1.82) is 0 Å². The molecule has 3 aliphatic rings. The van der Waals surface area contributed by atoms with Crippen molar-refractivity contribution in [3.8, 4) is 0 Å². The molecule has 0 saturated carbocycles. The van der Waals surface area contributed by atoms with Crippen LogP contribution in [0.4, 0.5) is 11.9 Å². The lowest BCUT2D eigenvalue weighted by Gasteiger charge is -2.30. The molecule has 1 aromatic heterocycles. The first-order valence-corrected chi connectivity index (χ1v) is 10.7. The molecule has 0 N–H and O–H groups in total. The van der Waals surface area contributed by atoms with Crippen molar-refractivity contribution in [2.24, 2.45) is 0 Å². The van der Waals surface area contributed by atoms with Gasteiger partial charge in [-0.15, -0.1) is 0 Å². The molecule has 0 unspecified atom stereocenters. The number of thioether (sulfide) groups is 1. The SMILES string of the molecule is O=C(CSc1nc(N2CCOCC2)nc(N2CCOCC2)n1)N1CCOCC1. The van der Waals surface area contributed by atoms with Crippen molar-refractivity contribution in [1.82, 2.24) is 19.9 Å². The van der Waals surface area contributed by atoms with Crippen LogP contribution in [-0.4, -0.2) is 110 Å². The third-order valence-corrected chi connectivity index (χ3v) is 5.70. The van der Waals surface area contributed by atoms with Crippen molar-refractivity contribution >= 4 is 29.6 Å². The lowest BCUT2D eigenvalue weighted by molar-refractivity contribution is -0.132. The lowest BCUT2D eigenvalue weighted by atomic mass is 10.4. The molecule has 0 atom stereocenters. The van der Waals surface area contributed by atoms with E-state index in [1.54, 1.807) is 0 Å². The van der Waals surface area contributed by atoms with Crippen LogP contribution in [0.3, 0.4) is 0 Å². The Morgan fingerprint density at radius 1 is 0.750 bits per heavy atom. The van der Waals surface area contributed by atoms with E-state index in [4.69, 9.17) is 19.2 Å². The minimum absolute atomic E-state index is 0.0922. The first-order chi connectivity index (χ1) is 13.8. The summed E-state index contributed by atoms with van der Waals surface area (Å²) in [6, 6.07) is 0. The van der Waals surface area contributed by atoms with Crippen LogP contribution < -0.4 is 9.80 Å². The van der Waals surface area contributed by atoms with Crippen LogP contribution in [0.2, 0.25) is 0 Å². The minimum atomic E-state index is 0.0922. The summed E-state index contributed by atoms with van der Waals surface area (Å²) >= 11 is 1.37. The number of amides is 1. The van der Waals surface area contributed by atoms with Gasteiger partial charge in [-0.05, 0) is 0 Å². The van der Waals surface area contributed by atoms with Gasteiger partial charge in [0.15, 0.2) is 5.16 Å². The van der Waals surface area contributed by atoms with Gasteiger partial charge in [0, 0.05) is 39.3 Å². The Bertz CT molecular complexity index is 627. The monoisotopic (exact) mass is 410 g/mol. The van der Waals surface area contributed by atoms with E-state index in [1.165, 1.54) is 11.8 Å². The normalized spacial score (nSPS) is 21.1. The van der Waals surface area contributed by atoms with Gasteiger partial charge in [-0.3, -0.25) is 4.79 Å². The second-order valence-corrected chi connectivity index (χ2v) is 7.64. The van der Waals surface area contributed by atoms with Crippen LogP contribution in [0, 0.1) is 0 Å². The highest BCUT2D eigenvalue weighted by atomic mass is 32.2. The number of hydrogen-bond donors (Lipinski definition) is 0. The standard InChI is InChI=1S/C17H26N6O4S/c24-14(21-1-7-25-8-2-21)13-28-17-19-15(22-3-9-26-10-4-22)18-16(20-17)23-5-11-27-12-6-23/h1-13H2. The Balaban J connectivity index is 1.48. The topological polar surface area (TPSA) is 93.2 Å². The van der Waals surface area contributed by atoms with E-state index in [1.807, 2.05) is 4.90 Å². The number of hydrogen-bond acceptors (Lipinski definition) is 10. The smallest absolute Gasteiger partial charge is 0.233 e. The number of morpholine rings is 3. The van der Waals surface area contributed by atoms with Crippen molar-refractivity contribution in [2.75, 3.05) is 94.5 Å². The zero-order valence-corrected chi connectivity index (χ0v) is 16.7. The second kappa shape index (κ2) is 9.68. The van der Waals surface area contributed by atoms with E-state index in [2.05, 4.69) is 19.8 Å². The van der Waals surface area contributed by atoms with Crippen LogP contribution in [0.5, 0.6) is 0 Å². The van der Waals surface area contributed by atoms with Crippen molar-refractivity contribution < 1.29 is 19.0 Å². The molecule has 4 rings (SSSR count). The summed E-state index contributed by atoms with van der Waals surface area (Å²) in [5, 5.41) is 0.583. The van der Waals surface area contributed by atoms with Gasteiger partial charge >= 0.3 is 0 Å². The molecule has 1 amide bonds. The van der Waals surface area contributed by atoms with Gasteiger partial charge in [0.05, 0.1) is 45.4 Å². The molecule has 11 heteroatoms. The molecule has 10 nitrogen and oxygen atoms in total. The first kappa shape index (κ1) is 19.6. The average molecular weight is 411 g/mol. The van der Waals surface area contributed by atoms with Crippen LogP contribution in [0.1, 0.15) is 0 Å². The molecular formula is C17H26N6O4S. The molecule has 3 aliphatic heterocycles. The van der Waals surface area contributed by atoms with Crippen LogP contribution in [-0.2, 0) is 19.0 Å². The highest BCUT2D eigenvalue weighted by molar-refractivity contribution is 7.99. The number of nitrogens with zero attached hydrogens (tertiary/aromatic N) is 6. The number of aromatic nitrogens is 3. The fourth-order valence-electron chi connectivity index (χ4n) is 3.24. The summed E-state index contributed by atoms with van der Waals surface area (Å²) in [7, 11) is 0. The Labute approximate surface area is 168 Å². The van der Waals surface area contributed by atoms with Crippen LogP contribution >= 0.6 is 11.8 Å². The van der Waals surface area contributed by atoms with Gasteiger partial charge in [0.25, 0.3) is 0 Å². The van der Waals surface area contributed by atoms with E-state index in [0.29, 0.717) is 75.5 Å². The molecule has 28 heavy (non-hydrogen) atoms. The molecule has 0 aromatic carbocycles. The second-order valence-electron chi connectivity index (χ2n) is 6.70. The highest BCUT2D eigenvalue weighted by Crippen LogP contribution is 2.22. The largest absolute Gasteiger partial charge is 0.378 e. The molecule has 154 valence electrons. The molecular weight excluding hydrogens is 384 g/mol. The maximum Gasteiger partial charge on any atom is 0.233 e. The summed E-state index contributed by atoms with van der Waals surface area (Å²) in [4.78, 5) is 32.5. The van der Waals surface area contributed by atoms with Gasteiger partial charge in [-0.25, -0.2) is 0 Å². The molecule has 3 saturated heterocycles. The Kier molecular flexibility index (Phi) is 6.78. The predicted octanol–water partition coefficient (Wildman–Crippen LogP) is -0.504.